The van der Waals surface area contributed by atoms with E-state index >= 15 is 0 Å². The molecule has 6 nitrogen and oxygen atoms in total. The van der Waals surface area contributed by atoms with E-state index in [0.29, 0.717) is 31.5 Å². The average Bonchev–Trinajstić information content (AvgIpc) is 3.25. The zero-order valence-electron chi connectivity index (χ0n) is 14.5. The van der Waals surface area contributed by atoms with E-state index in [1.807, 2.05) is 50.1 Å². The van der Waals surface area contributed by atoms with E-state index in [0.717, 1.165) is 4.88 Å². The molecule has 24 heavy (non-hydrogen) atoms. The Bertz CT molecular complexity index is 694. The molecule has 1 saturated heterocycles. The predicted molar refractivity (Wildman–Crippen MR) is 91.0 cm³/mol. The van der Waals surface area contributed by atoms with Crippen molar-refractivity contribution in [2.75, 3.05) is 19.7 Å². The highest BCUT2D eigenvalue weighted by Crippen LogP contribution is 2.32. The number of carbonyl (C=O) groups is 1. The van der Waals surface area contributed by atoms with Crippen LogP contribution < -0.4 is 0 Å². The summed E-state index contributed by atoms with van der Waals surface area (Å²) in [4.78, 5) is 15.9. The molecule has 1 unspecified atom stereocenters. The smallest absolute Gasteiger partial charge is 0.247 e. The summed E-state index contributed by atoms with van der Waals surface area (Å²) in [5, 5.41) is 10.1. The van der Waals surface area contributed by atoms with Crippen molar-refractivity contribution >= 4 is 17.2 Å². The molecule has 1 amide bonds. The van der Waals surface area contributed by atoms with Gasteiger partial charge in [-0.1, -0.05) is 19.9 Å². The van der Waals surface area contributed by atoms with Gasteiger partial charge in [0.2, 0.25) is 17.7 Å². The molecule has 0 radical (unpaired) electrons. The Hall–Kier alpha value is -1.73. The minimum Gasteiger partial charge on any atom is -0.422 e. The zero-order chi connectivity index (χ0) is 17.3. The van der Waals surface area contributed by atoms with Gasteiger partial charge in [-0.15, -0.1) is 21.5 Å². The van der Waals surface area contributed by atoms with E-state index in [4.69, 9.17) is 9.15 Å². The molecule has 2 aromatic rings. The Morgan fingerprint density at radius 3 is 2.83 bits per heavy atom. The third-order valence-corrected chi connectivity index (χ3v) is 5.44. The first-order chi connectivity index (χ1) is 11.4. The average molecular weight is 349 g/mol. The van der Waals surface area contributed by atoms with Crippen molar-refractivity contribution in [3.8, 4) is 0 Å². The zero-order valence-corrected chi connectivity index (χ0v) is 15.3. The van der Waals surface area contributed by atoms with Gasteiger partial charge in [0.15, 0.2) is 6.10 Å². The molecule has 2 aromatic heterocycles. The summed E-state index contributed by atoms with van der Waals surface area (Å²) in [6.07, 6.45) is -0.359. The third-order valence-electron chi connectivity index (χ3n) is 4.25. The number of rotatable bonds is 4. The van der Waals surface area contributed by atoms with Crippen LogP contribution in [0.2, 0.25) is 0 Å². The molecule has 3 heterocycles. The summed E-state index contributed by atoms with van der Waals surface area (Å²) in [5.41, 5.74) is -0.548. The van der Waals surface area contributed by atoms with Gasteiger partial charge in [-0.05, 0) is 25.3 Å². The van der Waals surface area contributed by atoms with E-state index in [9.17, 15) is 4.79 Å². The van der Waals surface area contributed by atoms with Crippen LogP contribution in [-0.4, -0.2) is 40.7 Å². The molecule has 0 bridgehead atoms. The van der Waals surface area contributed by atoms with Crippen molar-refractivity contribution in [2.45, 2.75) is 45.1 Å². The van der Waals surface area contributed by atoms with Gasteiger partial charge in [0.05, 0.1) is 18.6 Å². The SMILES string of the molecule is CC(C)c1nnc(C2CN(C(=O)C(C)(C)c3cccs3)CCO2)o1. The molecule has 1 aliphatic rings. The highest BCUT2D eigenvalue weighted by molar-refractivity contribution is 7.10. The molecule has 1 aliphatic heterocycles. The Morgan fingerprint density at radius 1 is 1.42 bits per heavy atom. The molecule has 1 atom stereocenters. The van der Waals surface area contributed by atoms with Gasteiger partial charge in [-0.25, -0.2) is 0 Å². The van der Waals surface area contributed by atoms with Gasteiger partial charge < -0.3 is 14.1 Å². The number of amides is 1. The second-order valence-electron chi connectivity index (χ2n) is 6.85. The lowest BCUT2D eigenvalue weighted by molar-refractivity contribution is -0.144. The van der Waals surface area contributed by atoms with Crippen LogP contribution in [0.25, 0.3) is 0 Å². The predicted octanol–water partition coefficient (Wildman–Crippen LogP) is 3.13. The number of hydrogen-bond acceptors (Lipinski definition) is 6. The fraction of sp³-hybridized carbons (Fsp3) is 0.588. The van der Waals surface area contributed by atoms with Gasteiger partial charge in [0.25, 0.3) is 0 Å². The van der Waals surface area contributed by atoms with Crippen LogP contribution in [-0.2, 0) is 14.9 Å². The van der Waals surface area contributed by atoms with Crippen LogP contribution in [0.3, 0.4) is 0 Å². The van der Waals surface area contributed by atoms with Crippen molar-refractivity contribution in [3.63, 3.8) is 0 Å². The van der Waals surface area contributed by atoms with E-state index in [1.165, 1.54) is 0 Å². The Labute approximate surface area is 145 Å². The van der Waals surface area contributed by atoms with E-state index in [1.54, 1.807) is 11.3 Å². The summed E-state index contributed by atoms with van der Waals surface area (Å²) < 4.78 is 11.4. The van der Waals surface area contributed by atoms with Crippen molar-refractivity contribution in [2.24, 2.45) is 0 Å². The molecular weight excluding hydrogens is 326 g/mol. The van der Waals surface area contributed by atoms with Crippen LogP contribution in [0.4, 0.5) is 0 Å². The lowest BCUT2D eigenvalue weighted by Gasteiger charge is -2.36. The number of thiophene rings is 1. The highest BCUT2D eigenvalue weighted by atomic mass is 32.1. The third kappa shape index (κ3) is 3.23. The maximum Gasteiger partial charge on any atom is 0.247 e. The first kappa shape index (κ1) is 17.1. The molecular formula is C17H23N3O3S. The summed E-state index contributed by atoms with van der Waals surface area (Å²) in [6.45, 7) is 9.42. The second-order valence-corrected chi connectivity index (χ2v) is 7.79. The molecule has 130 valence electrons. The van der Waals surface area contributed by atoms with Gasteiger partial charge in [-0.2, -0.15) is 0 Å². The van der Waals surface area contributed by atoms with Gasteiger partial charge in [-0.3, -0.25) is 4.79 Å². The lowest BCUT2D eigenvalue weighted by Crippen LogP contribution is -2.49. The summed E-state index contributed by atoms with van der Waals surface area (Å²) in [6, 6.07) is 3.98. The fourth-order valence-electron chi connectivity index (χ4n) is 2.73. The quantitative estimate of drug-likeness (QED) is 0.848. The second kappa shape index (κ2) is 6.64. The van der Waals surface area contributed by atoms with Gasteiger partial charge >= 0.3 is 0 Å². The van der Waals surface area contributed by atoms with Crippen LogP contribution in [0.15, 0.2) is 21.9 Å². The topological polar surface area (TPSA) is 68.5 Å². The first-order valence-electron chi connectivity index (χ1n) is 8.18. The molecule has 0 spiro atoms. The van der Waals surface area contributed by atoms with Crippen molar-refractivity contribution < 1.29 is 13.9 Å². The Balaban J connectivity index is 1.74. The van der Waals surface area contributed by atoms with Crippen LogP contribution >= 0.6 is 11.3 Å². The van der Waals surface area contributed by atoms with Crippen LogP contribution in [0.5, 0.6) is 0 Å². The van der Waals surface area contributed by atoms with Crippen molar-refractivity contribution in [1.29, 1.82) is 0 Å². The number of morpholine rings is 1. The molecule has 7 heteroatoms. The van der Waals surface area contributed by atoms with Gasteiger partial charge in [0.1, 0.15) is 0 Å². The van der Waals surface area contributed by atoms with E-state index < -0.39 is 5.41 Å². The number of hydrogen-bond donors (Lipinski definition) is 0. The first-order valence-corrected chi connectivity index (χ1v) is 9.06. The number of nitrogens with zero attached hydrogens (tertiary/aromatic N) is 3. The standard InChI is InChI=1S/C17H23N3O3S/c1-11(2)14-18-19-15(23-14)12-10-20(7-8-22-12)16(21)17(3,4)13-6-5-9-24-13/h5-6,9,11-12H,7-8,10H2,1-4H3. The van der Waals surface area contributed by atoms with Crippen molar-refractivity contribution in [1.82, 2.24) is 15.1 Å². The molecule has 0 aliphatic carbocycles. The molecule has 0 saturated carbocycles. The number of ether oxygens (including phenoxy) is 1. The van der Waals surface area contributed by atoms with Crippen LogP contribution in [0, 0.1) is 0 Å². The fourth-order valence-corrected chi connectivity index (χ4v) is 3.57. The lowest BCUT2D eigenvalue weighted by atomic mass is 9.89. The van der Waals surface area contributed by atoms with Crippen molar-refractivity contribution in [3.05, 3.63) is 34.2 Å². The summed E-state index contributed by atoms with van der Waals surface area (Å²) in [5.74, 6) is 1.31. The molecule has 0 N–H and O–H groups in total. The number of carbonyl (C=O) groups excluding carboxylic acids is 1. The van der Waals surface area contributed by atoms with E-state index in [-0.39, 0.29) is 17.9 Å². The van der Waals surface area contributed by atoms with Crippen LogP contribution in [0.1, 0.15) is 56.4 Å². The van der Waals surface area contributed by atoms with Gasteiger partial charge in [0, 0.05) is 17.3 Å². The minimum atomic E-state index is -0.548. The molecule has 0 aromatic carbocycles. The Kier molecular flexibility index (Phi) is 4.73. The number of aromatic nitrogens is 2. The summed E-state index contributed by atoms with van der Waals surface area (Å²) in [7, 11) is 0. The molecule has 1 fully saturated rings. The highest BCUT2D eigenvalue weighted by Gasteiger charge is 2.38. The Morgan fingerprint density at radius 2 is 2.21 bits per heavy atom. The normalized spacial score (nSPS) is 19.0. The maximum atomic E-state index is 13.0. The monoisotopic (exact) mass is 349 g/mol. The summed E-state index contributed by atoms with van der Waals surface area (Å²) >= 11 is 1.61. The largest absolute Gasteiger partial charge is 0.422 e. The maximum absolute atomic E-state index is 13.0. The molecule has 3 rings (SSSR count). The van der Waals surface area contributed by atoms with E-state index in [2.05, 4.69) is 10.2 Å². The minimum absolute atomic E-state index is 0.0989.